The number of carbonyl (C=O) groups is 3. The minimum absolute atomic E-state index is 0.0582. The molecule has 6 rings (SSSR count). The van der Waals surface area contributed by atoms with Crippen LogP contribution in [0.5, 0.6) is 0 Å². The molecule has 5 heterocycles. The van der Waals surface area contributed by atoms with E-state index in [-0.39, 0.29) is 43.4 Å². The number of carbonyl (C=O) groups excluding carboxylic acids is 3. The van der Waals surface area contributed by atoms with E-state index in [1.165, 1.54) is 10.7 Å². The van der Waals surface area contributed by atoms with E-state index in [0.717, 1.165) is 24.1 Å². The van der Waals surface area contributed by atoms with Gasteiger partial charge in [0.25, 0.3) is 11.5 Å². The molecule has 0 saturated carbocycles. The number of nitrogens with one attached hydrogen (secondary N) is 2. The van der Waals surface area contributed by atoms with Gasteiger partial charge in [0.2, 0.25) is 11.8 Å². The van der Waals surface area contributed by atoms with Gasteiger partial charge in [0.1, 0.15) is 23.3 Å². The van der Waals surface area contributed by atoms with Gasteiger partial charge < -0.3 is 15.1 Å². The third-order valence-electron chi connectivity index (χ3n) is 8.38. The maximum Gasteiger partial charge on any atom is 0.285 e. The third kappa shape index (κ3) is 5.99. The Morgan fingerprint density at radius 3 is 2.64 bits per heavy atom. The Morgan fingerprint density at radius 1 is 1.00 bits per heavy atom. The average molecular weight is 600 g/mol. The molecule has 3 amide bonds. The van der Waals surface area contributed by atoms with Gasteiger partial charge >= 0.3 is 0 Å². The van der Waals surface area contributed by atoms with Crippen LogP contribution in [0.2, 0.25) is 0 Å². The standard InChI is InChI=1S/C31H37N9O4/c1-20-17-26-32-19-23(31(44)40(26)35-20)30(43)37-13-8-12-27(41)38-14-7-6-11-25(38)29(42)34-24(18-22-9-4-3-5-10-22)28-33-21(2)36-39(28)16-15-37/h3-5,9-10,17,19,24-25,35H,6-8,11-16,18H2,1-2H3,(H,34,42)/t24-,25+/m1/s1. The van der Waals surface area contributed by atoms with Crippen molar-refractivity contribution in [1.82, 2.24) is 44.5 Å². The molecule has 2 aliphatic heterocycles. The highest BCUT2D eigenvalue weighted by Gasteiger charge is 2.34. The summed E-state index contributed by atoms with van der Waals surface area (Å²) in [5.41, 5.74) is 1.65. The molecule has 1 fully saturated rings. The monoisotopic (exact) mass is 599 g/mol. The minimum Gasteiger partial charge on any atom is -0.344 e. The SMILES string of the molecule is Cc1nc2n(n1)CCN(C(=O)c1cnc3cc(C)[nH]n3c1=O)CCCC(=O)N1CCCC[C@H]1C(=O)N[C@@H]2Cc1ccccc1. The van der Waals surface area contributed by atoms with Crippen molar-refractivity contribution in [3.63, 3.8) is 0 Å². The summed E-state index contributed by atoms with van der Waals surface area (Å²) in [5, 5.41) is 10.8. The molecule has 0 aliphatic carbocycles. The van der Waals surface area contributed by atoms with Crippen LogP contribution < -0.4 is 10.9 Å². The molecule has 1 saturated heterocycles. The second-order valence-electron chi connectivity index (χ2n) is 11.6. The van der Waals surface area contributed by atoms with Crippen LogP contribution in [-0.4, -0.2) is 82.6 Å². The number of amides is 3. The number of aromatic nitrogens is 6. The lowest BCUT2D eigenvalue weighted by Gasteiger charge is -2.36. The average Bonchev–Trinajstić information content (AvgIpc) is 3.60. The lowest BCUT2D eigenvalue weighted by Crippen LogP contribution is -2.53. The fourth-order valence-corrected chi connectivity index (χ4v) is 6.21. The number of hydrogen-bond donors (Lipinski definition) is 2. The van der Waals surface area contributed by atoms with E-state index in [0.29, 0.717) is 43.1 Å². The summed E-state index contributed by atoms with van der Waals surface area (Å²) < 4.78 is 3.00. The molecule has 3 aromatic heterocycles. The maximum atomic E-state index is 13.8. The predicted molar refractivity (Wildman–Crippen MR) is 161 cm³/mol. The van der Waals surface area contributed by atoms with Crippen LogP contribution in [0.1, 0.15) is 71.4 Å². The summed E-state index contributed by atoms with van der Waals surface area (Å²) >= 11 is 0. The topological polar surface area (TPSA) is 151 Å². The van der Waals surface area contributed by atoms with Crippen molar-refractivity contribution in [1.29, 1.82) is 0 Å². The summed E-state index contributed by atoms with van der Waals surface area (Å²) in [6, 6.07) is 10.5. The largest absolute Gasteiger partial charge is 0.344 e. The van der Waals surface area contributed by atoms with Crippen LogP contribution in [0.15, 0.2) is 47.4 Å². The van der Waals surface area contributed by atoms with Crippen molar-refractivity contribution in [2.24, 2.45) is 0 Å². The molecule has 44 heavy (non-hydrogen) atoms. The Hall–Kier alpha value is -4.81. The number of hydrogen-bond acceptors (Lipinski definition) is 7. The van der Waals surface area contributed by atoms with Gasteiger partial charge in [-0.3, -0.25) is 24.3 Å². The van der Waals surface area contributed by atoms with Crippen molar-refractivity contribution >= 4 is 23.4 Å². The van der Waals surface area contributed by atoms with E-state index in [1.807, 2.05) is 37.3 Å². The Morgan fingerprint density at radius 2 is 1.82 bits per heavy atom. The summed E-state index contributed by atoms with van der Waals surface area (Å²) in [4.78, 5) is 66.6. The van der Waals surface area contributed by atoms with E-state index in [4.69, 9.17) is 4.98 Å². The number of H-pyrrole nitrogens is 1. The maximum absolute atomic E-state index is 13.8. The van der Waals surface area contributed by atoms with Gasteiger partial charge in [-0.25, -0.2) is 19.2 Å². The van der Waals surface area contributed by atoms with Gasteiger partial charge in [-0.2, -0.15) is 5.10 Å². The van der Waals surface area contributed by atoms with Crippen LogP contribution in [-0.2, 0) is 22.6 Å². The molecule has 13 nitrogen and oxygen atoms in total. The highest BCUT2D eigenvalue weighted by atomic mass is 16.2. The number of aromatic amines is 1. The molecule has 0 radical (unpaired) electrons. The first kappa shape index (κ1) is 29.3. The number of rotatable bonds is 3. The van der Waals surface area contributed by atoms with Crippen molar-refractivity contribution in [3.05, 3.63) is 81.4 Å². The molecule has 4 aromatic rings. The van der Waals surface area contributed by atoms with E-state index >= 15 is 0 Å². The fourth-order valence-electron chi connectivity index (χ4n) is 6.21. The number of nitrogens with zero attached hydrogens (tertiary/aromatic N) is 7. The van der Waals surface area contributed by atoms with E-state index in [2.05, 4.69) is 20.5 Å². The van der Waals surface area contributed by atoms with Crippen LogP contribution in [0.4, 0.5) is 0 Å². The van der Waals surface area contributed by atoms with Gasteiger partial charge in [-0.15, -0.1) is 0 Å². The zero-order valence-corrected chi connectivity index (χ0v) is 25.0. The highest BCUT2D eigenvalue weighted by Crippen LogP contribution is 2.23. The second-order valence-corrected chi connectivity index (χ2v) is 11.6. The van der Waals surface area contributed by atoms with Crippen LogP contribution >= 0.6 is 0 Å². The first-order valence-corrected chi connectivity index (χ1v) is 15.2. The zero-order valence-electron chi connectivity index (χ0n) is 25.0. The smallest absolute Gasteiger partial charge is 0.285 e. The summed E-state index contributed by atoms with van der Waals surface area (Å²) in [7, 11) is 0. The fraction of sp³-hybridized carbons (Fsp3) is 0.452. The number of benzene rings is 1. The molecule has 0 unspecified atom stereocenters. The Balaban J connectivity index is 1.36. The Labute approximate surface area is 254 Å². The summed E-state index contributed by atoms with van der Waals surface area (Å²) in [5.74, 6) is 0.342. The first-order valence-electron chi connectivity index (χ1n) is 15.2. The van der Waals surface area contributed by atoms with Crippen LogP contribution in [0.3, 0.4) is 0 Å². The molecular formula is C31H37N9O4. The van der Waals surface area contributed by atoms with Gasteiger partial charge in [0.05, 0.1) is 12.6 Å². The Bertz CT molecular complexity index is 1740. The third-order valence-corrected chi connectivity index (χ3v) is 8.38. The van der Waals surface area contributed by atoms with E-state index < -0.39 is 23.6 Å². The normalized spacial score (nSPS) is 20.1. The number of fused-ring (bicyclic) bond motifs is 3. The van der Waals surface area contributed by atoms with Gasteiger partial charge in [0.15, 0.2) is 5.65 Å². The van der Waals surface area contributed by atoms with Gasteiger partial charge in [0, 0.05) is 44.0 Å². The van der Waals surface area contributed by atoms with Crippen LogP contribution in [0.25, 0.3) is 5.65 Å². The van der Waals surface area contributed by atoms with Crippen molar-refractivity contribution in [3.8, 4) is 0 Å². The lowest BCUT2D eigenvalue weighted by molar-refractivity contribution is -0.142. The summed E-state index contributed by atoms with van der Waals surface area (Å²) in [6.45, 7) is 4.86. The predicted octanol–water partition coefficient (Wildman–Crippen LogP) is 1.95. The molecule has 2 N–H and O–H groups in total. The minimum atomic E-state index is -0.574. The quantitative estimate of drug-likeness (QED) is 0.365. The molecular weight excluding hydrogens is 562 g/mol. The van der Waals surface area contributed by atoms with E-state index in [9.17, 15) is 19.2 Å². The first-order chi connectivity index (χ1) is 21.3. The van der Waals surface area contributed by atoms with Crippen molar-refractivity contribution in [2.45, 2.75) is 71.0 Å². The summed E-state index contributed by atoms with van der Waals surface area (Å²) in [6.07, 6.45) is 4.64. The van der Waals surface area contributed by atoms with E-state index in [1.54, 1.807) is 27.5 Å². The molecule has 2 atom stereocenters. The Kier molecular flexibility index (Phi) is 8.27. The van der Waals surface area contributed by atoms with Crippen molar-refractivity contribution in [2.75, 3.05) is 19.6 Å². The molecule has 13 heteroatoms. The van der Waals surface area contributed by atoms with Gasteiger partial charge in [-0.1, -0.05) is 30.3 Å². The molecule has 230 valence electrons. The van der Waals surface area contributed by atoms with Crippen LogP contribution in [0, 0.1) is 13.8 Å². The zero-order chi connectivity index (χ0) is 30.8. The second kappa shape index (κ2) is 12.4. The number of aryl methyl sites for hydroxylation is 2. The lowest BCUT2D eigenvalue weighted by atomic mass is 9.99. The highest BCUT2D eigenvalue weighted by molar-refractivity contribution is 5.94. The molecule has 1 aromatic carbocycles. The molecule has 0 spiro atoms. The number of piperidine rings is 1. The van der Waals surface area contributed by atoms with Crippen molar-refractivity contribution < 1.29 is 14.4 Å². The van der Waals surface area contributed by atoms with Gasteiger partial charge in [-0.05, 0) is 51.5 Å². The molecule has 0 bridgehead atoms. The molecule has 2 aliphatic rings.